The first kappa shape index (κ1) is 16.8. The number of rotatable bonds is 2. The fraction of sp³-hybridized carbons (Fsp3) is 0.773. The molecular weight excluding hydrogens is 280 g/mol. The lowest BCUT2D eigenvalue weighted by molar-refractivity contribution is -0.174. The number of allylic oxidation sites excluding steroid dienone is 1. The second-order valence-corrected chi connectivity index (χ2v) is 9.05. The van der Waals surface area contributed by atoms with Gasteiger partial charge in [0, 0.05) is 5.92 Å². The van der Waals surface area contributed by atoms with Crippen molar-refractivity contribution in [1.82, 2.24) is 0 Å². The first-order valence-electron chi connectivity index (χ1n) is 9.52. The SMILES string of the molecule is C=C(C)C(=O)C#CC1CC2(C)CCC1(C(C)C)C1CCCCC12. The summed E-state index contributed by atoms with van der Waals surface area (Å²) in [5, 5.41) is 0. The zero-order valence-corrected chi connectivity index (χ0v) is 15.4. The van der Waals surface area contributed by atoms with Gasteiger partial charge in [0.1, 0.15) is 0 Å². The molecule has 4 rings (SSSR count). The largest absolute Gasteiger partial charge is 0.280 e. The molecule has 0 aromatic heterocycles. The summed E-state index contributed by atoms with van der Waals surface area (Å²) in [7, 11) is 0. The van der Waals surface area contributed by atoms with Gasteiger partial charge in [-0.05, 0) is 79.1 Å². The Morgan fingerprint density at radius 1 is 1.17 bits per heavy atom. The first-order valence-corrected chi connectivity index (χ1v) is 9.52. The van der Waals surface area contributed by atoms with Gasteiger partial charge in [0.15, 0.2) is 0 Å². The Hall–Kier alpha value is -1.03. The molecule has 0 aliphatic heterocycles. The van der Waals surface area contributed by atoms with E-state index in [1.54, 1.807) is 6.92 Å². The minimum atomic E-state index is -0.0734. The molecule has 5 atom stereocenters. The van der Waals surface area contributed by atoms with Crippen molar-refractivity contribution in [2.75, 3.05) is 0 Å². The van der Waals surface area contributed by atoms with Gasteiger partial charge >= 0.3 is 0 Å². The highest BCUT2D eigenvalue weighted by molar-refractivity contribution is 6.07. The zero-order valence-electron chi connectivity index (χ0n) is 15.4. The fourth-order valence-electron chi connectivity index (χ4n) is 6.39. The van der Waals surface area contributed by atoms with Crippen LogP contribution < -0.4 is 0 Å². The van der Waals surface area contributed by atoms with Gasteiger partial charge in [0.25, 0.3) is 0 Å². The highest BCUT2D eigenvalue weighted by atomic mass is 16.1. The molecule has 23 heavy (non-hydrogen) atoms. The molecule has 0 spiro atoms. The van der Waals surface area contributed by atoms with E-state index in [9.17, 15) is 4.79 Å². The lowest BCUT2D eigenvalue weighted by Gasteiger charge is -2.67. The van der Waals surface area contributed by atoms with Crippen LogP contribution in [-0.4, -0.2) is 5.78 Å². The van der Waals surface area contributed by atoms with Crippen LogP contribution >= 0.6 is 0 Å². The zero-order chi connectivity index (χ0) is 16.8. The standard InChI is InChI=1S/C22H32O/c1-15(2)20(23)11-10-17-14-21(5)12-13-22(17,16(3)4)19-9-7-6-8-18(19)21/h16-19H,1,6-9,12-14H2,2-5H3. The van der Waals surface area contributed by atoms with Crippen LogP contribution in [0, 0.1) is 46.3 Å². The molecule has 0 aromatic carbocycles. The fourth-order valence-corrected chi connectivity index (χ4v) is 6.39. The molecule has 0 aromatic rings. The third-order valence-corrected chi connectivity index (χ3v) is 7.62. The molecule has 4 aliphatic rings. The van der Waals surface area contributed by atoms with E-state index in [1.165, 1.54) is 44.9 Å². The monoisotopic (exact) mass is 312 g/mol. The lowest BCUT2D eigenvalue weighted by atomic mass is 9.37. The molecular formula is C22H32O. The van der Waals surface area contributed by atoms with Gasteiger partial charge < -0.3 is 0 Å². The topological polar surface area (TPSA) is 17.1 Å². The van der Waals surface area contributed by atoms with Crippen LogP contribution in [0.25, 0.3) is 0 Å². The van der Waals surface area contributed by atoms with Crippen LogP contribution in [0.3, 0.4) is 0 Å². The van der Waals surface area contributed by atoms with Gasteiger partial charge in [-0.25, -0.2) is 0 Å². The summed E-state index contributed by atoms with van der Waals surface area (Å²) in [5.41, 5.74) is 1.36. The number of fused-ring (bicyclic) bond motifs is 2. The number of Topliss-reactive ketones (excluding diaryl/α,β-unsaturated/α-hetero) is 1. The predicted octanol–water partition coefficient (Wildman–Crippen LogP) is 5.40. The van der Waals surface area contributed by atoms with Crippen LogP contribution in [0.4, 0.5) is 0 Å². The summed E-state index contributed by atoms with van der Waals surface area (Å²) >= 11 is 0. The summed E-state index contributed by atoms with van der Waals surface area (Å²) in [6, 6.07) is 0. The van der Waals surface area contributed by atoms with Crippen molar-refractivity contribution < 1.29 is 4.79 Å². The quantitative estimate of drug-likeness (QED) is 0.379. The van der Waals surface area contributed by atoms with Crippen molar-refractivity contribution in [2.24, 2.45) is 34.5 Å². The molecule has 4 saturated carbocycles. The molecule has 1 heteroatoms. The van der Waals surface area contributed by atoms with E-state index < -0.39 is 0 Å². The number of hydrogen-bond acceptors (Lipinski definition) is 1. The third-order valence-electron chi connectivity index (χ3n) is 7.62. The first-order chi connectivity index (χ1) is 10.8. The minimum Gasteiger partial charge on any atom is -0.280 e. The summed E-state index contributed by atoms with van der Waals surface area (Å²) < 4.78 is 0. The normalized spacial score (nSPS) is 41.9. The Bertz CT molecular complexity index is 575. The summed E-state index contributed by atoms with van der Waals surface area (Å²) in [6.07, 6.45) is 9.46. The van der Waals surface area contributed by atoms with E-state index in [1.807, 2.05) is 0 Å². The average Bonchev–Trinajstić information content (AvgIpc) is 2.52. The Kier molecular flexibility index (Phi) is 4.24. The van der Waals surface area contributed by atoms with E-state index in [0.29, 0.717) is 28.2 Å². The van der Waals surface area contributed by atoms with Gasteiger partial charge in [-0.15, -0.1) is 0 Å². The maximum Gasteiger partial charge on any atom is 0.230 e. The van der Waals surface area contributed by atoms with E-state index >= 15 is 0 Å². The van der Waals surface area contributed by atoms with Crippen molar-refractivity contribution in [1.29, 1.82) is 0 Å². The smallest absolute Gasteiger partial charge is 0.230 e. The van der Waals surface area contributed by atoms with E-state index in [0.717, 1.165) is 11.8 Å². The van der Waals surface area contributed by atoms with Crippen molar-refractivity contribution in [3.63, 3.8) is 0 Å². The Balaban J connectivity index is 2.00. The van der Waals surface area contributed by atoms with E-state index in [4.69, 9.17) is 0 Å². The molecule has 4 aliphatic carbocycles. The Labute approximate surface area is 142 Å². The molecule has 1 nitrogen and oxygen atoms in total. The molecule has 0 N–H and O–H groups in total. The highest BCUT2D eigenvalue weighted by Crippen LogP contribution is 2.70. The highest BCUT2D eigenvalue weighted by Gasteiger charge is 2.63. The van der Waals surface area contributed by atoms with E-state index in [-0.39, 0.29) is 5.78 Å². The van der Waals surface area contributed by atoms with Crippen molar-refractivity contribution in [3.05, 3.63) is 12.2 Å². The van der Waals surface area contributed by atoms with Gasteiger partial charge in [0.05, 0.1) is 0 Å². The van der Waals surface area contributed by atoms with Gasteiger partial charge in [-0.1, -0.05) is 46.1 Å². The van der Waals surface area contributed by atoms with Gasteiger partial charge in [0.2, 0.25) is 5.78 Å². The number of carbonyl (C=O) groups excluding carboxylic acids is 1. The second kappa shape index (κ2) is 5.80. The molecule has 0 saturated heterocycles. The minimum absolute atomic E-state index is 0.0734. The van der Waals surface area contributed by atoms with Crippen LogP contribution in [-0.2, 0) is 4.79 Å². The lowest BCUT2D eigenvalue weighted by Crippen LogP contribution is -2.60. The Morgan fingerprint density at radius 3 is 2.43 bits per heavy atom. The third kappa shape index (κ3) is 2.50. The molecule has 0 radical (unpaired) electrons. The number of hydrogen-bond donors (Lipinski definition) is 0. The number of carbonyl (C=O) groups is 1. The van der Waals surface area contributed by atoms with Crippen molar-refractivity contribution in [3.8, 4) is 11.8 Å². The molecule has 2 bridgehead atoms. The number of ketones is 1. The van der Waals surface area contributed by atoms with Gasteiger partial charge in [-0.3, -0.25) is 4.79 Å². The summed E-state index contributed by atoms with van der Waals surface area (Å²) in [4.78, 5) is 12.0. The maximum absolute atomic E-state index is 12.0. The van der Waals surface area contributed by atoms with Crippen LogP contribution in [0.15, 0.2) is 12.2 Å². The second-order valence-electron chi connectivity index (χ2n) is 9.05. The predicted molar refractivity (Wildman–Crippen MR) is 95.8 cm³/mol. The molecule has 0 heterocycles. The maximum atomic E-state index is 12.0. The average molecular weight is 312 g/mol. The molecule has 126 valence electrons. The molecule has 0 amide bonds. The summed E-state index contributed by atoms with van der Waals surface area (Å²) in [6.45, 7) is 12.8. The molecule has 4 fully saturated rings. The van der Waals surface area contributed by atoms with Crippen molar-refractivity contribution in [2.45, 2.75) is 72.6 Å². The summed E-state index contributed by atoms with van der Waals surface area (Å²) in [5.74, 6) is 9.08. The Morgan fingerprint density at radius 2 is 1.83 bits per heavy atom. The van der Waals surface area contributed by atoms with Crippen LogP contribution in [0.5, 0.6) is 0 Å². The van der Waals surface area contributed by atoms with Crippen LogP contribution in [0.2, 0.25) is 0 Å². The van der Waals surface area contributed by atoms with Crippen LogP contribution in [0.1, 0.15) is 72.6 Å². The van der Waals surface area contributed by atoms with Crippen molar-refractivity contribution >= 4 is 5.78 Å². The van der Waals surface area contributed by atoms with Gasteiger partial charge in [-0.2, -0.15) is 0 Å². The van der Waals surface area contributed by atoms with E-state index in [2.05, 4.69) is 39.2 Å². The molecule has 5 unspecified atom stereocenters.